The lowest BCUT2D eigenvalue weighted by Gasteiger charge is -2.14. The Morgan fingerprint density at radius 1 is 1.25 bits per heavy atom. The van der Waals surface area contributed by atoms with Crippen LogP contribution in [0.5, 0.6) is 11.6 Å². The molecule has 3 nitrogen and oxygen atoms in total. The Balaban J connectivity index is 2.36. The maximum atomic E-state index is 9.19. The van der Waals surface area contributed by atoms with Crippen molar-refractivity contribution < 1.29 is 9.84 Å². The van der Waals surface area contributed by atoms with Gasteiger partial charge in [-0.15, -0.1) is 0 Å². The summed E-state index contributed by atoms with van der Waals surface area (Å²) in [6.45, 7) is 6.05. The molecule has 20 heavy (non-hydrogen) atoms. The third-order valence-electron chi connectivity index (χ3n) is 3.05. The largest absolute Gasteiger partial charge is 0.439 e. The van der Waals surface area contributed by atoms with Crippen molar-refractivity contribution in [1.29, 1.82) is 0 Å². The summed E-state index contributed by atoms with van der Waals surface area (Å²) in [5.41, 5.74) is 2.67. The van der Waals surface area contributed by atoms with E-state index in [2.05, 4.69) is 31.0 Å². The van der Waals surface area contributed by atoms with Crippen LogP contribution in [0.15, 0.2) is 30.3 Å². The highest BCUT2D eigenvalue weighted by molar-refractivity contribution is 6.31. The molecule has 1 heterocycles. The summed E-state index contributed by atoms with van der Waals surface area (Å²) >= 11 is 5.93. The molecule has 1 aromatic carbocycles. The molecule has 2 rings (SSSR count). The second-order valence-electron chi connectivity index (χ2n) is 5.03. The highest BCUT2D eigenvalue weighted by Crippen LogP contribution is 2.31. The Bertz CT molecular complexity index is 611. The normalized spacial score (nSPS) is 10.9. The van der Waals surface area contributed by atoms with Crippen LogP contribution in [-0.2, 0) is 6.61 Å². The molecule has 0 unspecified atom stereocenters. The summed E-state index contributed by atoms with van der Waals surface area (Å²) in [6, 6.07) is 9.51. The molecular weight excluding hydrogens is 274 g/mol. The molecule has 0 atom stereocenters. The number of aromatic nitrogens is 1. The molecule has 0 aliphatic rings. The van der Waals surface area contributed by atoms with Crippen molar-refractivity contribution in [2.45, 2.75) is 33.3 Å². The van der Waals surface area contributed by atoms with Crippen molar-refractivity contribution in [3.05, 3.63) is 52.2 Å². The molecule has 0 fully saturated rings. The van der Waals surface area contributed by atoms with Gasteiger partial charge in [-0.2, -0.15) is 0 Å². The first kappa shape index (κ1) is 14.8. The highest BCUT2D eigenvalue weighted by Gasteiger charge is 2.11. The van der Waals surface area contributed by atoms with Gasteiger partial charge in [-0.1, -0.05) is 37.6 Å². The second kappa shape index (κ2) is 6.25. The van der Waals surface area contributed by atoms with E-state index in [1.165, 1.54) is 0 Å². The van der Waals surface area contributed by atoms with Crippen LogP contribution in [0.3, 0.4) is 0 Å². The van der Waals surface area contributed by atoms with Gasteiger partial charge in [0.1, 0.15) is 5.75 Å². The monoisotopic (exact) mass is 291 g/mol. The van der Waals surface area contributed by atoms with Gasteiger partial charge in [-0.3, -0.25) is 0 Å². The van der Waals surface area contributed by atoms with E-state index in [0.717, 1.165) is 16.9 Å². The zero-order chi connectivity index (χ0) is 14.7. The van der Waals surface area contributed by atoms with Crippen LogP contribution >= 0.6 is 11.6 Å². The number of aryl methyl sites for hydroxylation is 1. The summed E-state index contributed by atoms with van der Waals surface area (Å²) in [5, 5.41) is 9.63. The minimum atomic E-state index is -0.207. The third kappa shape index (κ3) is 3.30. The fraction of sp³-hybridized carbons (Fsp3) is 0.312. The van der Waals surface area contributed by atoms with Gasteiger partial charge < -0.3 is 9.84 Å². The molecule has 1 N–H and O–H groups in total. The molecule has 0 aliphatic carbocycles. The molecule has 0 amide bonds. The van der Waals surface area contributed by atoms with Crippen molar-refractivity contribution in [2.24, 2.45) is 0 Å². The van der Waals surface area contributed by atoms with Crippen molar-refractivity contribution in [1.82, 2.24) is 4.98 Å². The van der Waals surface area contributed by atoms with Crippen molar-refractivity contribution in [3.8, 4) is 11.6 Å². The predicted octanol–water partition coefficient (Wildman–Crippen LogP) is 4.45. The molecule has 0 aliphatic heterocycles. The van der Waals surface area contributed by atoms with E-state index in [1.807, 2.05) is 13.0 Å². The minimum Gasteiger partial charge on any atom is -0.439 e. The second-order valence-corrected chi connectivity index (χ2v) is 5.44. The molecule has 0 saturated carbocycles. The smallest absolute Gasteiger partial charge is 0.219 e. The fourth-order valence-electron chi connectivity index (χ4n) is 1.95. The van der Waals surface area contributed by atoms with Crippen LogP contribution in [0, 0.1) is 6.92 Å². The lowest BCUT2D eigenvalue weighted by Crippen LogP contribution is -1.98. The van der Waals surface area contributed by atoms with Gasteiger partial charge in [0, 0.05) is 6.07 Å². The molecule has 0 saturated heterocycles. The Kier molecular flexibility index (Phi) is 4.63. The quantitative estimate of drug-likeness (QED) is 0.905. The van der Waals surface area contributed by atoms with E-state index in [0.29, 0.717) is 22.5 Å². The Morgan fingerprint density at radius 2 is 2.00 bits per heavy atom. The summed E-state index contributed by atoms with van der Waals surface area (Å²) in [5.74, 6) is 1.58. The van der Waals surface area contributed by atoms with E-state index >= 15 is 0 Å². The Labute approximate surface area is 124 Å². The minimum absolute atomic E-state index is 0.207. The number of hydrogen-bond acceptors (Lipinski definition) is 3. The van der Waals surface area contributed by atoms with Crippen molar-refractivity contribution in [3.63, 3.8) is 0 Å². The number of aliphatic hydroxyl groups is 1. The van der Waals surface area contributed by atoms with Crippen LogP contribution in [0.4, 0.5) is 0 Å². The lowest BCUT2D eigenvalue weighted by molar-refractivity contribution is 0.275. The molecule has 0 bridgehead atoms. The summed E-state index contributed by atoms with van der Waals surface area (Å²) in [6.07, 6.45) is 0. The van der Waals surface area contributed by atoms with Crippen LogP contribution in [0.25, 0.3) is 0 Å². The standard InChI is InChI=1S/C16H18ClNO2/c1-10(2)12-5-4-11(3)8-15(12)20-16-7-6-13(17)14(9-19)18-16/h4-8,10,19H,9H2,1-3H3. The first-order valence-electron chi connectivity index (χ1n) is 6.56. The molecule has 106 valence electrons. The maximum Gasteiger partial charge on any atom is 0.219 e. The number of benzene rings is 1. The molecule has 1 aromatic heterocycles. The topological polar surface area (TPSA) is 42.4 Å². The van der Waals surface area contributed by atoms with E-state index < -0.39 is 0 Å². The number of pyridine rings is 1. The third-order valence-corrected chi connectivity index (χ3v) is 3.39. The van der Waals surface area contributed by atoms with E-state index in [4.69, 9.17) is 16.3 Å². The zero-order valence-electron chi connectivity index (χ0n) is 11.9. The Hall–Kier alpha value is -1.58. The first-order valence-corrected chi connectivity index (χ1v) is 6.93. The van der Waals surface area contributed by atoms with E-state index in [9.17, 15) is 5.11 Å². The zero-order valence-corrected chi connectivity index (χ0v) is 12.6. The number of rotatable bonds is 4. The lowest BCUT2D eigenvalue weighted by atomic mass is 10.0. The number of ether oxygens (including phenoxy) is 1. The highest BCUT2D eigenvalue weighted by atomic mass is 35.5. The average Bonchev–Trinajstić information content (AvgIpc) is 2.40. The van der Waals surface area contributed by atoms with Gasteiger partial charge in [0.05, 0.1) is 17.3 Å². The Morgan fingerprint density at radius 3 is 2.65 bits per heavy atom. The van der Waals surface area contributed by atoms with Gasteiger partial charge in [-0.05, 0) is 36.1 Å². The first-order chi connectivity index (χ1) is 9.51. The number of hydrogen-bond donors (Lipinski definition) is 1. The van der Waals surface area contributed by atoms with Gasteiger partial charge >= 0.3 is 0 Å². The van der Waals surface area contributed by atoms with Crippen LogP contribution < -0.4 is 4.74 Å². The van der Waals surface area contributed by atoms with Gasteiger partial charge in [0.2, 0.25) is 5.88 Å². The maximum absolute atomic E-state index is 9.19. The molecule has 0 spiro atoms. The number of aliphatic hydroxyl groups excluding tert-OH is 1. The summed E-state index contributed by atoms with van der Waals surface area (Å²) in [7, 11) is 0. The van der Waals surface area contributed by atoms with Gasteiger partial charge in [-0.25, -0.2) is 4.98 Å². The van der Waals surface area contributed by atoms with Gasteiger partial charge in [0.25, 0.3) is 0 Å². The van der Waals surface area contributed by atoms with Crippen LogP contribution in [0.1, 0.15) is 36.6 Å². The van der Waals surface area contributed by atoms with Gasteiger partial charge in [0.15, 0.2) is 0 Å². The van der Waals surface area contributed by atoms with E-state index in [-0.39, 0.29) is 6.61 Å². The van der Waals surface area contributed by atoms with Crippen molar-refractivity contribution >= 4 is 11.6 Å². The average molecular weight is 292 g/mol. The molecule has 2 aromatic rings. The van der Waals surface area contributed by atoms with Crippen LogP contribution in [-0.4, -0.2) is 10.1 Å². The summed E-state index contributed by atoms with van der Waals surface area (Å²) < 4.78 is 5.87. The SMILES string of the molecule is Cc1ccc(C(C)C)c(Oc2ccc(Cl)c(CO)n2)c1. The number of nitrogens with zero attached hydrogens (tertiary/aromatic N) is 1. The van der Waals surface area contributed by atoms with Crippen LogP contribution in [0.2, 0.25) is 5.02 Å². The number of halogens is 1. The summed E-state index contributed by atoms with van der Waals surface area (Å²) in [4.78, 5) is 4.21. The van der Waals surface area contributed by atoms with E-state index in [1.54, 1.807) is 12.1 Å². The molecule has 4 heteroatoms. The molecule has 0 radical (unpaired) electrons. The predicted molar refractivity (Wildman–Crippen MR) is 80.5 cm³/mol. The van der Waals surface area contributed by atoms with Crippen molar-refractivity contribution in [2.75, 3.05) is 0 Å². The fourth-order valence-corrected chi connectivity index (χ4v) is 2.12. The molecular formula is C16H18ClNO2.